The Labute approximate surface area is 111 Å². The molecule has 0 unspecified atom stereocenters. The number of hydrogen-bond donors (Lipinski definition) is 0. The number of piperidine rings is 1. The second-order valence-electron chi connectivity index (χ2n) is 4.77. The molecule has 2 aromatic rings. The Hall–Kier alpha value is -1.49. The third-order valence-corrected chi connectivity index (χ3v) is 4.20. The molecule has 0 bridgehead atoms. The van der Waals surface area contributed by atoms with E-state index in [1.54, 1.807) is 0 Å². The number of nitrogens with zero attached hydrogens (tertiary/aromatic N) is 4. The lowest BCUT2D eigenvalue weighted by molar-refractivity contribution is 0.403. The van der Waals surface area contributed by atoms with Crippen LogP contribution in [0.4, 0.5) is 5.13 Å². The summed E-state index contributed by atoms with van der Waals surface area (Å²) in [7, 11) is 0. The first-order valence-corrected chi connectivity index (χ1v) is 7.13. The molecule has 5 heteroatoms. The fourth-order valence-electron chi connectivity index (χ4n) is 2.53. The molecule has 1 aliphatic heterocycles. The number of rotatable bonds is 3. The zero-order valence-corrected chi connectivity index (χ0v) is 11.0. The molecule has 0 N–H and O–H groups in total. The Balaban J connectivity index is 1.54. The van der Waals surface area contributed by atoms with Crippen molar-refractivity contribution in [3.8, 4) is 0 Å². The van der Waals surface area contributed by atoms with Crippen LogP contribution in [0.15, 0.2) is 30.3 Å². The molecule has 4 nitrogen and oxygen atoms in total. The van der Waals surface area contributed by atoms with Crippen molar-refractivity contribution in [1.82, 2.24) is 14.8 Å². The van der Waals surface area contributed by atoms with E-state index >= 15 is 0 Å². The largest absolute Gasteiger partial charge is 0.345 e. The zero-order valence-electron chi connectivity index (χ0n) is 10.2. The fraction of sp³-hybridized carbons (Fsp3) is 0.462. The van der Waals surface area contributed by atoms with Gasteiger partial charge in [-0.2, -0.15) is 0 Å². The fourth-order valence-corrected chi connectivity index (χ4v) is 3.04. The first-order chi connectivity index (χ1) is 8.92. The van der Waals surface area contributed by atoms with Gasteiger partial charge in [-0.15, -0.1) is 0 Å². The van der Waals surface area contributed by atoms with E-state index in [4.69, 9.17) is 0 Å². The predicted molar refractivity (Wildman–Crippen MR) is 72.8 cm³/mol. The van der Waals surface area contributed by atoms with Crippen molar-refractivity contribution in [3.63, 3.8) is 0 Å². The summed E-state index contributed by atoms with van der Waals surface area (Å²) in [5.41, 5.74) is 1.45. The Kier molecular flexibility index (Phi) is 3.50. The van der Waals surface area contributed by atoms with Gasteiger partial charge in [0.1, 0.15) is 0 Å². The van der Waals surface area contributed by atoms with Crippen molar-refractivity contribution in [3.05, 3.63) is 35.9 Å². The van der Waals surface area contributed by atoms with Crippen LogP contribution < -0.4 is 4.90 Å². The molecule has 0 amide bonds. The van der Waals surface area contributed by atoms with E-state index in [0.717, 1.165) is 24.1 Å². The molecule has 2 heterocycles. The number of anilines is 1. The lowest BCUT2D eigenvalue weighted by Gasteiger charge is -2.31. The maximum Gasteiger partial charge on any atom is 0.227 e. The van der Waals surface area contributed by atoms with Crippen molar-refractivity contribution in [2.45, 2.75) is 19.3 Å². The standard InChI is InChI=1S/C13H16N4S/c1-2-4-11(5-3-1)10-12-6-8-17(9-7-12)13-14-15-16-18-13/h1-5,12H,6-10H2. The predicted octanol–water partition coefficient (Wildman–Crippen LogP) is 2.39. The molecule has 1 saturated heterocycles. The third kappa shape index (κ3) is 2.67. The quantitative estimate of drug-likeness (QED) is 0.850. The zero-order chi connectivity index (χ0) is 12.2. The maximum atomic E-state index is 4.03. The molecule has 0 atom stereocenters. The van der Waals surface area contributed by atoms with Gasteiger partial charge in [0.05, 0.1) is 0 Å². The minimum atomic E-state index is 0.796. The molecule has 1 aromatic heterocycles. The van der Waals surface area contributed by atoms with Crippen molar-refractivity contribution in [2.75, 3.05) is 18.0 Å². The summed E-state index contributed by atoms with van der Waals surface area (Å²) >= 11 is 1.39. The SMILES string of the molecule is c1ccc(CC2CCN(c3nnns3)CC2)cc1. The first-order valence-electron chi connectivity index (χ1n) is 6.36. The summed E-state index contributed by atoms with van der Waals surface area (Å²) in [4.78, 5) is 2.30. The van der Waals surface area contributed by atoms with E-state index in [1.807, 2.05) is 0 Å². The van der Waals surface area contributed by atoms with Crippen molar-refractivity contribution >= 4 is 16.7 Å². The summed E-state index contributed by atoms with van der Waals surface area (Å²) < 4.78 is 3.82. The van der Waals surface area contributed by atoms with Gasteiger partial charge in [-0.3, -0.25) is 0 Å². The van der Waals surface area contributed by atoms with Crippen LogP contribution in [0, 0.1) is 5.92 Å². The molecular weight excluding hydrogens is 244 g/mol. The Morgan fingerprint density at radius 3 is 2.61 bits per heavy atom. The Bertz CT molecular complexity index is 463. The van der Waals surface area contributed by atoms with Gasteiger partial charge < -0.3 is 4.90 Å². The van der Waals surface area contributed by atoms with Crippen molar-refractivity contribution in [1.29, 1.82) is 0 Å². The van der Waals surface area contributed by atoms with Crippen molar-refractivity contribution in [2.24, 2.45) is 5.92 Å². The summed E-state index contributed by atoms with van der Waals surface area (Å²) in [6.45, 7) is 2.16. The Morgan fingerprint density at radius 2 is 1.94 bits per heavy atom. The second kappa shape index (κ2) is 5.44. The highest BCUT2D eigenvalue weighted by molar-refractivity contribution is 7.09. The average Bonchev–Trinajstić information content (AvgIpc) is 2.95. The van der Waals surface area contributed by atoms with Gasteiger partial charge >= 0.3 is 0 Å². The Morgan fingerprint density at radius 1 is 1.17 bits per heavy atom. The summed E-state index contributed by atoms with van der Waals surface area (Å²) in [5, 5.41) is 8.66. The third-order valence-electron chi connectivity index (χ3n) is 3.54. The smallest absolute Gasteiger partial charge is 0.227 e. The highest BCUT2D eigenvalue weighted by Gasteiger charge is 2.21. The second-order valence-corrected chi connectivity index (χ2v) is 5.48. The minimum Gasteiger partial charge on any atom is -0.345 e. The van der Waals surface area contributed by atoms with E-state index in [2.05, 4.69) is 50.0 Å². The topological polar surface area (TPSA) is 41.9 Å². The molecular formula is C13H16N4S. The average molecular weight is 260 g/mol. The van der Waals surface area contributed by atoms with Gasteiger partial charge in [0.25, 0.3) is 0 Å². The molecule has 3 rings (SSSR count). The van der Waals surface area contributed by atoms with Crippen LogP contribution in [0.3, 0.4) is 0 Å². The van der Waals surface area contributed by atoms with E-state index in [-0.39, 0.29) is 0 Å². The van der Waals surface area contributed by atoms with Crippen LogP contribution in [0.2, 0.25) is 0 Å². The lowest BCUT2D eigenvalue weighted by atomic mass is 9.90. The molecule has 0 aliphatic carbocycles. The minimum absolute atomic E-state index is 0.796. The van der Waals surface area contributed by atoms with Gasteiger partial charge in [0.2, 0.25) is 5.13 Å². The highest BCUT2D eigenvalue weighted by Crippen LogP contribution is 2.25. The van der Waals surface area contributed by atoms with Gasteiger partial charge in [0, 0.05) is 24.6 Å². The summed E-state index contributed by atoms with van der Waals surface area (Å²) in [6.07, 6.45) is 3.66. The number of hydrogen-bond acceptors (Lipinski definition) is 5. The molecule has 1 aliphatic rings. The van der Waals surface area contributed by atoms with E-state index in [9.17, 15) is 0 Å². The van der Waals surface area contributed by atoms with E-state index in [1.165, 1.54) is 36.4 Å². The van der Waals surface area contributed by atoms with Gasteiger partial charge in [-0.05, 0) is 36.0 Å². The number of aromatic nitrogens is 3. The normalized spacial score (nSPS) is 17.0. The molecule has 1 fully saturated rings. The van der Waals surface area contributed by atoms with Crippen LogP contribution in [-0.4, -0.2) is 27.9 Å². The van der Waals surface area contributed by atoms with Crippen LogP contribution in [-0.2, 0) is 6.42 Å². The molecule has 0 radical (unpaired) electrons. The van der Waals surface area contributed by atoms with Crippen LogP contribution in [0.1, 0.15) is 18.4 Å². The molecule has 0 saturated carbocycles. The van der Waals surface area contributed by atoms with Crippen LogP contribution in [0.5, 0.6) is 0 Å². The summed E-state index contributed by atoms with van der Waals surface area (Å²) in [6, 6.07) is 10.8. The van der Waals surface area contributed by atoms with Crippen LogP contribution in [0.25, 0.3) is 0 Å². The number of benzene rings is 1. The van der Waals surface area contributed by atoms with Gasteiger partial charge in [0.15, 0.2) is 0 Å². The highest BCUT2D eigenvalue weighted by atomic mass is 32.1. The van der Waals surface area contributed by atoms with Crippen LogP contribution >= 0.6 is 11.5 Å². The molecule has 94 valence electrons. The van der Waals surface area contributed by atoms with Gasteiger partial charge in [-0.25, -0.2) is 0 Å². The summed E-state index contributed by atoms with van der Waals surface area (Å²) in [5.74, 6) is 0.796. The van der Waals surface area contributed by atoms with Gasteiger partial charge in [-0.1, -0.05) is 39.9 Å². The van der Waals surface area contributed by atoms with Crippen molar-refractivity contribution < 1.29 is 0 Å². The molecule has 18 heavy (non-hydrogen) atoms. The monoisotopic (exact) mass is 260 g/mol. The maximum absolute atomic E-state index is 4.03. The first kappa shape index (κ1) is 11.6. The molecule has 1 aromatic carbocycles. The van der Waals surface area contributed by atoms with E-state index in [0.29, 0.717) is 0 Å². The molecule has 0 spiro atoms. The lowest BCUT2D eigenvalue weighted by Crippen LogP contribution is -2.34. The van der Waals surface area contributed by atoms with E-state index < -0.39 is 0 Å².